The maximum absolute atomic E-state index is 14.6. The molecule has 4 aliphatic rings. The van der Waals surface area contributed by atoms with Gasteiger partial charge in [-0.05, 0) is 111 Å². The second kappa shape index (κ2) is 16.8. The number of imide groups is 1. The number of hydrogen-bond donors (Lipinski definition) is 2. The molecule has 8 rings (SSSR count). The molecule has 0 bridgehead atoms. The van der Waals surface area contributed by atoms with Crippen molar-refractivity contribution >= 4 is 23.4 Å². The molecular formula is C45H52N6O5. The number of piperidine rings is 4. The molecule has 4 aliphatic heterocycles. The van der Waals surface area contributed by atoms with Crippen LogP contribution in [0.25, 0.3) is 11.3 Å². The molecule has 1 aromatic heterocycles. The van der Waals surface area contributed by atoms with E-state index in [1.54, 1.807) is 18.3 Å². The lowest BCUT2D eigenvalue weighted by atomic mass is 9.71. The van der Waals surface area contributed by atoms with Gasteiger partial charge in [-0.25, -0.2) is 0 Å². The fourth-order valence-corrected chi connectivity index (χ4v) is 9.23. The number of para-hydroxylation sites is 1. The van der Waals surface area contributed by atoms with Crippen molar-refractivity contribution in [3.8, 4) is 22.8 Å². The van der Waals surface area contributed by atoms with Gasteiger partial charge < -0.3 is 24.5 Å². The number of nitrogens with one attached hydrogen (secondary N) is 1. The summed E-state index contributed by atoms with van der Waals surface area (Å²) in [4.78, 5) is 45.4. The molecule has 0 aliphatic carbocycles. The van der Waals surface area contributed by atoms with Gasteiger partial charge in [-0.1, -0.05) is 54.6 Å². The van der Waals surface area contributed by atoms with Gasteiger partial charge in [0.25, 0.3) is 0 Å². The molecule has 4 fully saturated rings. The number of phenols is 1. The average molecular weight is 757 g/mol. The van der Waals surface area contributed by atoms with Crippen molar-refractivity contribution in [2.75, 3.05) is 57.3 Å². The summed E-state index contributed by atoms with van der Waals surface area (Å²) in [6.07, 6.45) is 8.40. The molecule has 5 heterocycles. The third kappa shape index (κ3) is 8.28. The first-order valence-corrected chi connectivity index (χ1v) is 20.3. The number of anilines is 1. The number of hydrogen-bond acceptors (Lipinski definition) is 9. The summed E-state index contributed by atoms with van der Waals surface area (Å²) in [6.45, 7) is 6.94. The van der Waals surface area contributed by atoms with Gasteiger partial charge in [0, 0.05) is 44.7 Å². The number of phenolic OH excluding ortho intramolecular Hbond substituents is 1. The Kier molecular flexibility index (Phi) is 11.3. The molecule has 3 aromatic carbocycles. The molecule has 0 spiro atoms. The maximum Gasteiger partial charge on any atom is 0.234 e. The van der Waals surface area contributed by atoms with Gasteiger partial charge in [-0.3, -0.25) is 19.7 Å². The van der Waals surface area contributed by atoms with E-state index in [1.807, 2.05) is 60.7 Å². The summed E-state index contributed by atoms with van der Waals surface area (Å²) in [7, 11) is 0. The zero-order chi connectivity index (χ0) is 38.5. The van der Waals surface area contributed by atoms with E-state index in [2.05, 4.69) is 42.3 Å². The van der Waals surface area contributed by atoms with E-state index < -0.39 is 5.41 Å². The van der Waals surface area contributed by atoms with Gasteiger partial charge in [0.05, 0.1) is 35.5 Å². The Labute approximate surface area is 329 Å². The molecule has 11 nitrogen and oxygen atoms in total. The first-order chi connectivity index (χ1) is 27.3. The minimum Gasteiger partial charge on any atom is -0.507 e. The summed E-state index contributed by atoms with van der Waals surface area (Å²) in [5, 5.41) is 21.4. The quantitative estimate of drug-likeness (QED) is 0.189. The normalized spacial score (nSPS) is 21.1. The van der Waals surface area contributed by atoms with Crippen molar-refractivity contribution in [1.29, 1.82) is 0 Å². The summed E-state index contributed by atoms with van der Waals surface area (Å²) in [6, 6.07) is 27.3. The highest BCUT2D eigenvalue weighted by Crippen LogP contribution is 2.40. The lowest BCUT2D eigenvalue weighted by molar-refractivity contribution is -0.140. The summed E-state index contributed by atoms with van der Waals surface area (Å²) < 4.78 is 6.17. The molecule has 11 heteroatoms. The fraction of sp³-hybridized carbons (Fsp3) is 0.444. The molecular weight excluding hydrogens is 705 g/mol. The maximum atomic E-state index is 14.6. The topological polar surface area (TPSA) is 128 Å². The molecule has 1 atom stereocenters. The minimum absolute atomic E-state index is 0.177. The van der Waals surface area contributed by atoms with Crippen molar-refractivity contribution < 1.29 is 24.2 Å². The van der Waals surface area contributed by atoms with Crippen LogP contribution >= 0.6 is 0 Å². The van der Waals surface area contributed by atoms with E-state index in [-0.39, 0.29) is 29.4 Å². The van der Waals surface area contributed by atoms with Gasteiger partial charge in [-0.15, -0.1) is 0 Å². The zero-order valence-corrected chi connectivity index (χ0v) is 32.0. The van der Waals surface area contributed by atoms with E-state index >= 15 is 0 Å². The van der Waals surface area contributed by atoms with Crippen LogP contribution in [0.5, 0.6) is 11.5 Å². The predicted molar refractivity (Wildman–Crippen MR) is 214 cm³/mol. The second-order valence-corrected chi connectivity index (χ2v) is 16.1. The van der Waals surface area contributed by atoms with E-state index in [1.165, 1.54) is 0 Å². The monoisotopic (exact) mass is 756 g/mol. The van der Waals surface area contributed by atoms with Crippen LogP contribution in [0.15, 0.2) is 91.1 Å². The number of rotatable bonds is 10. The Morgan fingerprint density at radius 3 is 2.23 bits per heavy atom. The van der Waals surface area contributed by atoms with Crippen LogP contribution < -0.4 is 15.0 Å². The van der Waals surface area contributed by atoms with E-state index in [9.17, 15) is 19.5 Å². The predicted octanol–water partition coefficient (Wildman–Crippen LogP) is 5.94. The van der Waals surface area contributed by atoms with Crippen LogP contribution in [0.2, 0.25) is 0 Å². The molecule has 0 unspecified atom stereocenters. The van der Waals surface area contributed by atoms with Crippen molar-refractivity contribution in [1.82, 2.24) is 25.3 Å². The molecule has 0 saturated carbocycles. The van der Waals surface area contributed by atoms with E-state index in [0.717, 1.165) is 107 Å². The summed E-state index contributed by atoms with van der Waals surface area (Å²) in [5.74, 6) is 1.65. The van der Waals surface area contributed by atoms with Crippen LogP contribution in [0, 0.1) is 11.8 Å². The van der Waals surface area contributed by atoms with Crippen molar-refractivity contribution in [3.63, 3.8) is 0 Å². The minimum atomic E-state index is -0.564. The number of benzene rings is 3. The van der Waals surface area contributed by atoms with Gasteiger partial charge in [-0.2, -0.15) is 10.2 Å². The number of carbonyl (C=O) groups is 3. The molecule has 3 amide bonds. The highest BCUT2D eigenvalue weighted by Gasteiger charge is 2.46. The number of nitrogens with zero attached hydrogens (tertiary/aromatic N) is 5. The van der Waals surface area contributed by atoms with Gasteiger partial charge in [0.15, 0.2) is 0 Å². The molecule has 4 aromatic rings. The number of aromatic nitrogens is 2. The second-order valence-electron chi connectivity index (χ2n) is 16.1. The standard InChI is InChI=1S/C45H52N6O5/c52-41-9-5-4-8-39(41)40-28-36(29-46-48-40)50-26-20-45(21-27-50,35-6-2-1-3-7-35)44(55)51-24-18-32(19-25-51)30-49-22-16-33(17-23-49)31-56-37-12-10-34(11-13-37)38-14-15-42(53)47-43(38)54/h1-13,28-29,32-33,38,52H,14-27,30-31H2,(H,47,53,54)/t38-/m1/s1. The number of amides is 3. The molecule has 4 saturated heterocycles. The smallest absolute Gasteiger partial charge is 0.234 e. The molecule has 56 heavy (non-hydrogen) atoms. The van der Waals surface area contributed by atoms with Crippen LogP contribution in [0.1, 0.15) is 68.4 Å². The molecule has 292 valence electrons. The number of carbonyl (C=O) groups excluding carboxylic acids is 3. The number of likely N-dealkylation sites (tertiary alicyclic amines) is 2. The van der Waals surface area contributed by atoms with E-state index in [4.69, 9.17) is 4.74 Å². The van der Waals surface area contributed by atoms with Gasteiger partial charge in [0.1, 0.15) is 11.5 Å². The van der Waals surface area contributed by atoms with Gasteiger partial charge in [0.2, 0.25) is 17.7 Å². The Balaban J connectivity index is 0.808. The largest absolute Gasteiger partial charge is 0.507 e. The first kappa shape index (κ1) is 37.6. The summed E-state index contributed by atoms with van der Waals surface area (Å²) >= 11 is 0. The molecule has 0 radical (unpaired) electrons. The highest BCUT2D eigenvalue weighted by molar-refractivity contribution is 6.01. The Hall–Kier alpha value is -5.29. The SMILES string of the molecule is O=C1CC[C@H](c2ccc(OCC3CCN(CC4CCN(C(=O)C5(c6ccccc6)CCN(c6cnnc(-c7ccccc7O)c6)CC5)CC4)CC3)cc2)C(=O)N1. The lowest BCUT2D eigenvalue weighted by Gasteiger charge is -2.46. The zero-order valence-electron chi connectivity index (χ0n) is 32.0. The van der Waals surface area contributed by atoms with Crippen LogP contribution in [-0.2, 0) is 19.8 Å². The summed E-state index contributed by atoms with van der Waals surface area (Å²) in [5.41, 5.74) is 3.69. The number of ether oxygens (including phenoxy) is 1. The van der Waals surface area contributed by atoms with Crippen LogP contribution in [0.3, 0.4) is 0 Å². The first-order valence-electron chi connectivity index (χ1n) is 20.3. The fourth-order valence-electron chi connectivity index (χ4n) is 9.23. The highest BCUT2D eigenvalue weighted by atomic mass is 16.5. The Morgan fingerprint density at radius 1 is 0.821 bits per heavy atom. The van der Waals surface area contributed by atoms with Crippen molar-refractivity contribution in [2.45, 2.75) is 62.7 Å². The van der Waals surface area contributed by atoms with Crippen molar-refractivity contribution in [2.24, 2.45) is 11.8 Å². The lowest BCUT2D eigenvalue weighted by Crippen LogP contribution is -2.55. The van der Waals surface area contributed by atoms with Crippen molar-refractivity contribution in [3.05, 3.63) is 102 Å². The average Bonchev–Trinajstić information content (AvgIpc) is 3.24. The molecule has 2 N–H and O–H groups in total. The van der Waals surface area contributed by atoms with Gasteiger partial charge >= 0.3 is 0 Å². The third-order valence-electron chi connectivity index (χ3n) is 12.7. The van der Waals surface area contributed by atoms with Crippen LogP contribution in [-0.4, -0.2) is 95.2 Å². The van der Waals surface area contributed by atoms with Crippen LogP contribution in [0.4, 0.5) is 5.69 Å². The Morgan fingerprint density at radius 2 is 1.52 bits per heavy atom. The van der Waals surface area contributed by atoms with E-state index in [0.29, 0.717) is 42.5 Å². The number of aromatic hydroxyl groups is 1. The third-order valence-corrected chi connectivity index (χ3v) is 12.7. The Bertz CT molecular complexity index is 1980.